The number of nitrogens with one attached hydrogen (secondary N) is 1. The molecule has 0 saturated carbocycles. The van der Waals surface area contributed by atoms with Gasteiger partial charge >= 0.3 is 0 Å². The molecular weight excluding hydrogens is 306 g/mol. The SMILES string of the molecule is O=C(CO/N=C/c1cccc([N+](=O)[O-])c1)NCc1cccs1. The third kappa shape index (κ3) is 4.98. The van der Waals surface area contributed by atoms with Gasteiger partial charge in [0, 0.05) is 22.6 Å². The minimum absolute atomic E-state index is 0.0300. The van der Waals surface area contributed by atoms with E-state index in [9.17, 15) is 14.9 Å². The molecule has 1 aromatic carbocycles. The predicted octanol–water partition coefficient (Wildman–Crippen LogP) is 2.32. The van der Waals surface area contributed by atoms with Gasteiger partial charge in [0.2, 0.25) is 0 Å². The fraction of sp³-hybridized carbons (Fsp3) is 0.143. The number of nitrogens with zero attached hydrogens (tertiary/aromatic N) is 2. The summed E-state index contributed by atoms with van der Waals surface area (Å²) in [6.45, 7) is 0.241. The zero-order chi connectivity index (χ0) is 15.8. The summed E-state index contributed by atoms with van der Waals surface area (Å²) in [5.41, 5.74) is 0.492. The van der Waals surface area contributed by atoms with Gasteiger partial charge in [-0.2, -0.15) is 0 Å². The number of oxime groups is 1. The molecule has 2 aromatic rings. The van der Waals surface area contributed by atoms with E-state index < -0.39 is 4.92 Å². The van der Waals surface area contributed by atoms with Crippen molar-refractivity contribution in [1.29, 1.82) is 0 Å². The molecule has 0 radical (unpaired) electrons. The average Bonchev–Trinajstić information content (AvgIpc) is 3.03. The van der Waals surface area contributed by atoms with E-state index in [-0.39, 0.29) is 18.2 Å². The van der Waals surface area contributed by atoms with Crippen LogP contribution in [0.1, 0.15) is 10.4 Å². The summed E-state index contributed by atoms with van der Waals surface area (Å²) in [7, 11) is 0. The highest BCUT2D eigenvalue weighted by molar-refractivity contribution is 7.09. The topological polar surface area (TPSA) is 93.8 Å². The number of carbonyl (C=O) groups excluding carboxylic acids is 1. The Morgan fingerprint density at radius 3 is 3.00 bits per heavy atom. The van der Waals surface area contributed by atoms with Crippen molar-refractivity contribution >= 4 is 29.1 Å². The molecule has 22 heavy (non-hydrogen) atoms. The molecule has 0 fully saturated rings. The first-order chi connectivity index (χ1) is 10.6. The van der Waals surface area contributed by atoms with Crippen molar-refractivity contribution in [2.24, 2.45) is 5.16 Å². The molecular formula is C14H13N3O4S. The van der Waals surface area contributed by atoms with Crippen LogP contribution in [0.25, 0.3) is 0 Å². The van der Waals surface area contributed by atoms with E-state index in [1.54, 1.807) is 23.5 Å². The third-order valence-electron chi connectivity index (χ3n) is 2.59. The second kappa shape index (κ2) is 7.89. The van der Waals surface area contributed by atoms with E-state index in [1.165, 1.54) is 18.3 Å². The number of carbonyl (C=O) groups is 1. The molecule has 0 atom stereocenters. The van der Waals surface area contributed by atoms with Crippen LogP contribution in [-0.4, -0.2) is 23.7 Å². The Labute approximate surface area is 130 Å². The summed E-state index contributed by atoms with van der Waals surface area (Å²) in [5, 5.41) is 18.9. The average molecular weight is 319 g/mol. The lowest BCUT2D eigenvalue weighted by Crippen LogP contribution is -2.26. The van der Waals surface area contributed by atoms with Gasteiger partial charge < -0.3 is 10.2 Å². The fourth-order valence-corrected chi connectivity index (χ4v) is 2.21. The minimum atomic E-state index is -0.490. The Hall–Kier alpha value is -2.74. The summed E-state index contributed by atoms with van der Waals surface area (Å²) < 4.78 is 0. The van der Waals surface area contributed by atoms with Crippen LogP contribution in [0.5, 0.6) is 0 Å². The Kier molecular flexibility index (Phi) is 5.61. The monoisotopic (exact) mass is 319 g/mol. The first kappa shape index (κ1) is 15.6. The van der Waals surface area contributed by atoms with E-state index >= 15 is 0 Å². The van der Waals surface area contributed by atoms with Gasteiger partial charge in [-0.15, -0.1) is 11.3 Å². The van der Waals surface area contributed by atoms with Crippen molar-refractivity contribution in [3.8, 4) is 0 Å². The van der Waals surface area contributed by atoms with Gasteiger partial charge in [0.15, 0.2) is 6.61 Å². The molecule has 0 aliphatic rings. The predicted molar refractivity (Wildman–Crippen MR) is 82.8 cm³/mol. The molecule has 8 heteroatoms. The summed E-state index contributed by atoms with van der Waals surface area (Å²) in [5.74, 6) is -0.287. The maximum atomic E-state index is 11.5. The van der Waals surface area contributed by atoms with Crippen LogP contribution in [0.15, 0.2) is 46.9 Å². The highest BCUT2D eigenvalue weighted by atomic mass is 32.1. The molecule has 0 unspecified atom stereocenters. The lowest BCUT2D eigenvalue weighted by Gasteiger charge is -2.02. The third-order valence-corrected chi connectivity index (χ3v) is 3.47. The van der Waals surface area contributed by atoms with E-state index in [4.69, 9.17) is 4.84 Å². The van der Waals surface area contributed by atoms with E-state index in [0.29, 0.717) is 12.1 Å². The highest BCUT2D eigenvalue weighted by Crippen LogP contribution is 2.11. The summed E-state index contributed by atoms with van der Waals surface area (Å²) in [6, 6.07) is 9.78. The van der Waals surface area contributed by atoms with E-state index in [0.717, 1.165) is 4.88 Å². The Bertz CT molecular complexity index is 670. The number of rotatable bonds is 7. The molecule has 1 heterocycles. The van der Waals surface area contributed by atoms with Crippen LogP contribution in [0.3, 0.4) is 0 Å². The first-order valence-electron chi connectivity index (χ1n) is 6.34. The van der Waals surface area contributed by atoms with Crippen LogP contribution >= 0.6 is 11.3 Å². The largest absolute Gasteiger partial charge is 0.386 e. The number of benzene rings is 1. The molecule has 0 aliphatic heterocycles. The van der Waals surface area contributed by atoms with Gasteiger partial charge in [0.25, 0.3) is 11.6 Å². The highest BCUT2D eigenvalue weighted by Gasteiger charge is 2.04. The summed E-state index contributed by atoms with van der Waals surface area (Å²) >= 11 is 1.55. The van der Waals surface area contributed by atoms with Crippen LogP contribution < -0.4 is 5.32 Å². The Balaban J connectivity index is 1.74. The fourth-order valence-electron chi connectivity index (χ4n) is 1.56. The molecule has 1 amide bonds. The molecule has 0 bridgehead atoms. The number of non-ortho nitro benzene ring substituents is 1. The number of hydrogen-bond acceptors (Lipinski definition) is 6. The Morgan fingerprint density at radius 2 is 2.27 bits per heavy atom. The molecule has 1 aromatic heterocycles. The summed E-state index contributed by atoms with van der Waals surface area (Å²) in [4.78, 5) is 27.5. The van der Waals surface area contributed by atoms with Crippen molar-refractivity contribution in [2.75, 3.05) is 6.61 Å². The quantitative estimate of drug-likeness (QED) is 0.481. The molecule has 0 aliphatic carbocycles. The maximum absolute atomic E-state index is 11.5. The van der Waals surface area contributed by atoms with Crippen LogP contribution in [-0.2, 0) is 16.2 Å². The van der Waals surface area contributed by atoms with E-state index in [1.807, 2.05) is 17.5 Å². The first-order valence-corrected chi connectivity index (χ1v) is 7.22. The number of nitro benzene ring substituents is 1. The Morgan fingerprint density at radius 1 is 1.41 bits per heavy atom. The van der Waals surface area contributed by atoms with Crippen molar-refractivity contribution in [1.82, 2.24) is 5.32 Å². The maximum Gasteiger partial charge on any atom is 0.270 e. The van der Waals surface area contributed by atoms with Gasteiger partial charge in [0.05, 0.1) is 17.7 Å². The van der Waals surface area contributed by atoms with Crippen molar-refractivity contribution in [3.63, 3.8) is 0 Å². The second-order valence-electron chi connectivity index (χ2n) is 4.22. The van der Waals surface area contributed by atoms with Gasteiger partial charge in [-0.1, -0.05) is 23.4 Å². The molecule has 0 saturated heterocycles. The number of amides is 1. The zero-order valence-electron chi connectivity index (χ0n) is 11.5. The van der Waals surface area contributed by atoms with Crippen LogP contribution in [0, 0.1) is 10.1 Å². The smallest absolute Gasteiger partial charge is 0.270 e. The van der Waals surface area contributed by atoms with E-state index in [2.05, 4.69) is 10.5 Å². The van der Waals surface area contributed by atoms with Gasteiger partial charge in [0.1, 0.15) is 0 Å². The zero-order valence-corrected chi connectivity index (χ0v) is 12.3. The number of hydrogen-bond donors (Lipinski definition) is 1. The van der Waals surface area contributed by atoms with Crippen molar-refractivity contribution in [3.05, 3.63) is 62.3 Å². The lowest BCUT2D eigenvalue weighted by molar-refractivity contribution is -0.384. The van der Waals surface area contributed by atoms with Crippen LogP contribution in [0.2, 0.25) is 0 Å². The number of thiophene rings is 1. The second-order valence-corrected chi connectivity index (χ2v) is 5.25. The molecule has 1 N–H and O–H groups in total. The molecule has 0 spiro atoms. The normalized spacial score (nSPS) is 10.5. The minimum Gasteiger partial charge on any atom is -0.386 e. The summed E-state index contributed by atoms with van der Waals surface area (Å²) in [6.07, 6.45) is 1.32. The molecule has 7 nitrogen and oxygen atoms in total. The lowest BCUT2D eigenvalue weighted by atomic mass is 10.2. The van der Waals surface area contributed by atoms with Crippen molar-refractivity contribution in [2.45, 2.75) is 6.54 Å². The number of nitro groups is 1. The van der Waals surface area contributed by atoms with Gasteiger partial charge in [-0.25, -0.2) is 0 Å². The van der Waals surface area contributed by atoms with Crippen molar-refractivity contribution < 1.29 is 14.6 Å². The molecule has 2 rings (SSSR count). The molecule has 114 valence electrons. The van der Waals surface area contributed by atoms with Gasteiger partial charge in [-0.3, -0.25) is 14.9 Å². The van der Waals surface area contributed by atoms with Crippen LogP contribution in [0.4, 0.5) is 5.69 Å². The standard InChI is InChI=1S/C14H13N3O4S/c18-14(15-9-13-5-2-6-22-13)10-21-16-8-11-3-1-4-12(7-11)17(19)20/h1-8H,9-10H2,(H,15,18)/b16-8+. The van der Waals surface area contributed by atoms with Gasteiger partial charge in [-0.05, 0) is 11.4 Å².